The SMILES string of the molecule is Cc1nn(C)cc1C(C)NC(=O)C(C)n1ncc([N+](=O)[O-])c1C. The van der Waals surface area contributed by atoms with Crippen molar-refractivity contribution in [2.24, 2.45) is 7.05 Å². The van der Waals surface area contributed by atoms with Crippen LogP contribution in [0, 0.1) is 24.0 Å². The molecule has 2 aromatic rings. The summed E-state index contributed by atoms with van der Waals surface area (Å²) in [5.41, 5.74) is 2.03. The predicted octanol–water partition coefficient (Wildman–Crippen LogP) is 1.58. The number of aromatic nitrogens is 4. The van der Waals surface area contributed by atoms with Gasteiger partial charge in [-0.3, -0.25) is 24.3 Å². The number of hydrogen-bond acceptors (Lipinski definition) is 5. The Bertz CT molecular complexity index is 748. The van der Waals surface area contributed by atoms with Gasteiger partial charge in [0.25, 0.3) is 0 Å². The van der Waals surface area contributed by atoms with Gasteiger partial charge in [-0.2, -0.15) is 10.2 Å². The van der Waals surface area contributed by atoms with E-state index in [1.807, 2.05) is 27.1 Å². The van der Waals surface area contributed by atoms with E-state index in [1.165, 1.54) is 4.68 Å². The number of carbonyl (C=O) groups is 1. The van der Waals surface area contributed by atoms with Crippen molar-refractivity contribution in [2.75, 3.05) is 0 Å². The van der Waals surface area contributed by atoms with Gasteiger partial charge in [-0.15, -0.1) is 0 Å². The van der Waals surface area contributed by atoms with Crippen LogP contribution in [0.5, 0.6) is 0 Å². The van der Waals surface area contributed by atoms with Crippen molar-refractivity contribution >= 4 is 11.6 Å². The minimum Gasteiger partial charge on any atom is -0.348 e. The monoisotopic (exact) mass is 320 g/mol. The summed E-state index contributed by atoms with van der Waals surface area (Å²) in [4.78, 5) is 22.8. The first-order valence-corrected chi connectivity index (χ1v) is 7.21. The summed E-state index contributed by atoms with van der Waals surface area (Å²) in [6.07, 6.45) is 3.02. The van der Waals surface area contributed by atoms with Crippen LogP contribution in [0.3, 0.4) is 0 Å². The summed E-state index contributed by atoms with van der Waals surface area (Å²) in [6, 6.07) is -0.868. The number of aryl methyl sites for hydroxylation is 2. The third-order valence-electron chi connectivity index (χ3n) is 3.84. The number of carbonyl (C=O) groups excluding carboxylic acids is 1. The summed E-state index contributed by atoms with van der Waals surface area (Å²) in [6.45, 7) is 6.97. The minimum absolute atomic E-state index is 0.0965. The highest BCUT2D eigenvalue weighted by molar-refractivity contribution is 5.80. The zero-order chi connectivity index (χ0) is 17.3. The molecule has 9 nitrogen and oxygen atoms in total. The zero-order valence-corrected chi connectivity index (χ0v) is 13.8. The molecule has 0 saturated carbocycles. The average molecular weight is 320 g/mol. The van der Waals surface area contributed by atoms with Gasteiger partial charge in [-0.05, 0) is 27.7 Å². The first kappa shape index (κ1) is 16.7. The Morgan fingerprint density at radius 3 is 2.52 bits per heavy atom. The number of nitrogens with one attached hydrogen (secondary N) is 1. The van der Waals surface area contributed by atoms with Crippen molar-refractivity contribution in [3.8, 4) is 0 Å². The molecule has 124 valence electrons. The van der Waals surface area contributed by atoms with E-state index in [1.54, 1.807) is 18.5 Å². The summed E-state index contributed by atoms with van der Waals surface area (Å²) >= 11 is 0. The zero-order valence-electron chi connectivity index (χ0n) is 13.8. The molecule has 9 heteroatoms. The molecule has 2 unspecified atom stereocenters. The molecular formula is C14H20N6O3. The molecule has 0 radical (unpaired) electrons. The smallest absolute Gasteiger partial charge is 0.309 e. The Balaban J connectivity index is 2.14. The van der Waals surface area contributed by atoms with Crippen molar-refractivity contribution in [2.45, 2.75) is 39.8 Å². The van der Waals surface area contributed by atoms with Gasteiger partial charge in [0, 0.05) is 18.8 Å². The second-order valence-electron chi connectivity index (χ2n) is 5.57. The van der Waals surface area contributed by atoms with Crippen molar-refractivity contribution in [3.05, 3.63) is 39.5 Å². The number of hydrogen-bond donors (Lipinski definition) is 1. The lowest BCUT2D eigenvalue weighted by atomic mass is 10.1. The second kappa shape index (κ2) is 6.19. The third kappa shape index (κ3) is 3.22. The van der Waals surface area contributed by atoms with Crippen LogP contribution in [0.4, 0.5) is 5.69 Å². The number of amides is 1. The molecule has 1 N–H and O–H groups in total. The second-order valence-corrected chi connectivity index (χ2v) is 5.57. The van der Waals surface area contributed by atoms with Gasteiger partial charge in [-0.25, -0.2) is 0 Å². The van der Waals surface area contributed by atoms with Gasteiger partial charge in [0.15, 0.2) is 0 Å². The van der Waals surface area contributed by atoms with Crippen molar-refractivity contribution in [1.82, 2.24) is 24.9 Å². The van der Waals surface area contributed by atoms with Gasteiger partial charge in [-0.1, -0.05) is 0 Å². The molecule has 23 heavy (non-hydrogen) atoms. The van der Waals surface area contributed by atoms with Crippen molar-refractivity contribution < 1.29 is 9.72 Å². The van der Waals surface area contributed by atoms with Crippen LogP contribution in [0.15, 0.2) is 12.4 Å². The van der Waals surface area contributed by atoms with Crippen molar-refractivity contribution in [3.63, 3.8) is 0 Å². The number of nitro groups is 1. The Labute approximate surface area is 133 Å². The lowest BCUT2D eigenvalue weighted by Crippen LogP contribution is -2.34. The van der Waals surface area contributed by atoms with Crippen LogP contribution < -0.4 is 5.32 Å². The highest BCUT2D eigenvalue weighted by Crippen LogP contribution is 2.21. The standard InChI is InChI=1S/C14H20N6O3/c1-8(12-7-18(5)17-9(12)2)16-14(21)11(4)19-10(3)13(6-15-19)20(22)23/h6-8,11H,1-5H3,(H,16,21). The largest absolute Gasteiger partial charge is 0.348 e. The normalized spacial score (nSPS) is 13.6. The maximum atomic E-state index is 12.4. The van der Waals surface area contributed by atoms with E-state index in [-0.39, 0.29) is 17.6 Å². The number of rotatable bonds is 5. The van der Waals surface area contributed by atoms with E-state index in [9.17, 15) is 14.9 Å². The molecule has 2 heterocycles. The average Bonchev–Trinajstić information content (AvgIpc) is 3.00. The van der Waals surface area contributed by atoms with Crippen molar-refractivity contribution in [1.29, 1.82) is 0 Å². The van der Waals surface area contributed by atoms with E-state index < -0.39 is 11.0 Å². The van der Waals surface area contributed by atoms with Crippen LogP contribution >= 0.6 is 0 Å². The predicted molar refractivity (Wildman–Crippen MR) is 82.8 cm³/mol. The molecule has 2 atom stereocenters. The van der Waals surface area contributed by atoms with Gasteiger partial charge in [0.1, 0.15) is 17.9 Å². The molecule has 0 spiro atoms. The Kier molecular flexibility index (Phi) is 4.48. The van der Waals surface area contributed by atoms with Crippen LogP contribution in [-0.2, 0) is 11.8 Å². The van der Waals surface area contributed by atoms with Crippen LogP contribution in [0.25, 0.3) is 0 Å². The summed E-state index contributed by atoms with van der Waals surface area (Å²) in [7, 11) is 1.82. The quantitative estimate of drug-likeness (QED) is 0.664. The Hall–Kier alpha value is -2.71. The van der Waals surface area contributed by atoms with E-state index >= 15 is 0 Å². The fourth-order valence-electron chi connectivity index (χ4n) is 2.55. The third-order valence-corrected chi connectivity index (χ3v) is 3.84. The molecule has 0 aliphatic heterocycles. The van der Waals surface area contributed by atoms with Gasteiger partial charge in [0.2, 0.25) is 5.91 Å². The summed E-state index contributed by atoms with van der Waals surface area (Å²) < 4.78 is 3.05. The lowest BCUT2D eigenvalue weighted by Gasteiger charge is -2.18. The molecule has 0 aromatic carbocycles. The Morgan fingerprint density at radius 1 is 1.39 bits per heavy atom. The molecule has 0 aliphatic rings. The van der Waals surface area contributed by atoms with Crippen LogP contribution in [0.2, 0.25) is 0 Å². The van der Waals surface area contributed by atoms with E-state index in [4.69, 9.17) is 0 Å². The molecular weight excluding hydrogens is 300 g/mol. The first-order valence-electron chi connectivity index (χ1n) is 7.21. The summed E-state index contributed by atoms with van der Waals surface area (Å²) in [5, 5.41) is 22.0. The molecule has 0 saturated heterocycles. The molecule has 2 rings (SSSR count). The van der Waals surface area contributed by atoms with Crippen LogP contribution in [0.1, 0.15) is 42.9 Å². The molecule has 0 fully saturated rings. The lowest BCUT2D eigenvalue weighted by molar-refractivity contribution is -0.385. The van der Waals surface area contributed by atoms with E-state index in [0.29, 0.717) is 5.69 Å². The number of nitrogens with zero attached hydrogens (tertiary/aromatic N) is 5. The van der Waals surface area contributed by atoms with Gasteiger partial charge >= 0.3 is 5.69 Å². The fraction of sp³-hybridized carbons (Fsp3) is 0.500. The molecule has 0 aliphatic carbocycles. The van der Waals surface area contributed by atoms with Crippen LogP contribution in [-0.4, -0.2) is 30.4 Å². The molecule has 0 bridgehead atoms. The first-order chi connectivity index (χ1) is 10.7. The topological polar surface area (TPSA) is 108 Å². The Morgan fingerprint density at radius 2 is 2.04 bits per heavy atom. The maximum Gasteiger partial charge on any atom is 0.309 e. The molecule has 1 amide bonds. The van der Waals surface area contributed by atoms with Gasteiger partial charge in [0.05, 0.1) is 16.7 Å². The highest BCUT2D eigenvalue weighted by atomic mass is 16.6. The van der Waals surface area contributed by atoms with E-state index in [2.05, 4.69) is 15.5 Å². The summed E-state index contributed by atoms with van der Waals surface area (Å²) in [5.74, 6) is -0.262. The minimum atomic E-state index is -0.650. The van der Waals surface area contributed by atoms with E-state index in [0.717, 1.165) is 17.5 Å². The molecule has 2 aromatic heterocycles. The maximum absolute atomic E-state index is 12.4. The highest BCUT2D eigenvalue weighted by Gasteiger charge is 2.25. The van der Waals surface area contributed by atoms with Gasteiger partial charge < -0.3 is 5.32 Å². The fourth-order valence-corrected chi connectivity index (χ4v) is 2.55.